The van der Waals surface area contributed by atoms with E-state index in [2.05, 4.69) is 65.9 Å². The molecule has 0 aliphatic rings. The minimum absolute atomic E-state index is 0.0622. The van der Waals surface area contributed by atoms with Crippen molar-refractivity contribution in [3.8, 4) is 0 Å². The van der Waals surface area contributed by atoms with Gasteiger partial charge in [0, 0.05) is 32.2 Å². The van der Waals surface area contributed by atoms with Crippen LogP contribution in [0, 0.1) is 0 Å². The summed E-state index contributed by atoms with van der Waals surface area (Å²) in [5, 5.41) is 9.35. The molecule has 2 rings (SSSR count). The third-order valence-electron chi connectivity index (χ3n) is 5.21. The molecule has 1 amide bonds. The van der Waals surface area contributed by atoms with Crippen LogP contribution in [0.3, 0.4) is 0 Å². The van der Waals surface area contributed by atoms with E-state index < -0.39 is 0 Å². The highest BCUT2D eigenvalue weighted by Gasteiger charge is 2.05. The summed E-state index contributed by atoms with van der Waals surface area (Å²) in [6.07, 6.45) is 0.815. The summed E-state index contributed by atoms with van der Waals surface area (Å²) in [5.74, 6) is 0.741. The molecule has 6 nitrogen and oxygen atoms in total. The lowest BCUT2D eigenvalue weighted by atomic mass is 10.1. The number of benzene rings is 2. The van der Waals surface area contributed by atoms with Gasteiger partial charge in [-0.25, -0.2) is 4.99 Å². The zero-order valence-corrected chi connectivity index (χ0v) is 19.4. The van der Waals surface area contributed by atoms with Crippen molar-refractivity contribution in [3.63, 3.8) is 0 Å². The zero-order chi connectivity index (χ0) is 22.5. The number of amides is 1. The molecule has 0 fully saturated rings. The maximum atomic E-state index is 11.8. The molecule has 0 unspecified atom stereocenters. The lowest BCUT2D eigenvalue weighted by Gasteiger charge is -2.18. The summed E-state index contributed by atoms with van der Waals surface area (Å²) < 4.78 is 0. The first-order valence-corrected chi connectivity index (χ1v) is 11.2. The predicted octanol–water partition coefficient (Wildman–Crippen LogP) is 3.19. The van der Waals surface area contributed by atoms with Crippen molar-refractivity contribution in [2.75, 3.05) is 33.2 Å². The molecule has 168 valence electrons. The van der Waals surface area contributed by atoms with Gasteiger partial charge in [-0.2, -0.15) is 0 Å². The first kappa shape index (κ1) is 24.4. The lowest BCUT2D eigenvalue weighted by molar-refractivity contribution is 0.0963. The molecule has 0 aliphatic heterocycles. The molecule has 3 N–H and O–H groups in total. The fraction of sp³-hybridized carbons (Fsp3) is 0.440. The molecule has 0 bridgehead atoms. The molecule has 0 atom stereocenters. The van der Waals surface area contributed by atoms with Gasteiger partial charge in [-0.05, 0) is 55.3 Å². The van der Waals surface area contributed by atoms with Crippen molar-refractivity contribution in [2.24, 2.45) is 4.99 Å². The van der Waals surface area contributed by atoms with Crippen LogP contribution in [0.2, 0.25) is 0 Å². The number of guanidine groups is 1. The number of rotatable bonds is 11. The van der Waals surface area contributed by atoms with Crippen LogP contribution >= 0.6 is 0 Å². The number of nitrogens with zero attached hydrogens (tertiary/aromatic N) is 2. The van der Waals surface area contributed by atoms with Crippen molar-refractivity contribution in [2.45, 2.75) is 40.3 Å². The molecule has 31 heavy (non-hydrogen) atoms. The van der Waals surface area contributed by atoms with E-state index in [0.717, 1.165) is 50.7 Å². The van der Waals surface area contributed by atoms with E-state index in [1.807, 2.05) is 24.3 Å². The predicted molar refractivity (Wildman–Crippen MR) is 129 cm³/mol. The van der Waals surface area contributed by atoms with Crippen LogP contribution in [0.1, 0.15) is 47.8 Å². The zero-order valence-electron chi connectivity index (χ0n) is 19.4. The van der Waals surface area contributed by atoms with Crippen LogP contribution in [0.4, 0.5) is 0 Å². The van der Waals surface area contributed by atoms with Gasteiger partial charge in [0.25, 0.3) is 5.91 Å². The Labute approximate surface area is 187 Å². The van der Waals surface area contributed by atoms with Gasteiger partial charge in [-0.15, -0.1) is 0 Å². The normalized spacial score (nSPS) is 11.5. The van der Waals surface area contributed by atoms with Gasteiger partial charge >= 0.3 is 0 Å². The summed E-state index contributed by atoms with van der Waals surface area (Å²) in [6, 6.07) is 16.4. The van der Waals surface area contributed by atoms with Crippen LogP contribution < -0.4 is 16.0 Å². The average Bonchev–Trinajstić information content (AvgIpc) is 2.81. The molecule has 0 saturated heterocycles. The van der Waals surface area contributed by atoms with Crippen molar-refractivity contribution >= 4 is 11.9 Å². The van der Waals surface area contributed by atoms with E-state index in [9.17, 15) is 4.79 Å². The molecule has 2 aromatic rings. The Morgan fingerprint density at radius 3 is 2.29 bits per heavy atom. The highest BCUT2D eigenvalue weighted by atomic mass is 16.1. The fourth-order valence-electron chi connectivity index (χ4n) is 3.31. The Hall–Kier alpha value is -2.86. The number of hydrogen-bond acceptors (Lipinski definition) is 3. The van der Waals surface area contributed by atoms with Crippen LogP contribution in [0.15, 0.2) is 53.5 Å². The molecule has 0 spiro atoms. The molecule has 2 aromatic carbocycles. The van der Waals surface area contributed by atoms with Crippen molar-refractivity contribution in [1.82, 2.24) is 20.9 Å². The second-order valence-corrected chi connectivity index (χ2v) is 7.43. The Kier molecular flexibility index (Phi) is 10.6. The van der Waals surface area contributed by atoms with E-state index in [4.69, 9.17) is 4.99 Å². The summed E-state index contributed by atoms with van der Waals surface area (Å²) in [5.41, 5.74) is 4.33. The van der Waals surface area contributed by atoms with Gasteiger partial charge in [0.05, 0.1) is 6.54 Å². The molecule has 0 saturated carbocycles. The molecule has 6 heteroatoms. The first-order chi connectivity index (χ1) is 15.1. The average molecular weight is 424 g/mol. The van der Waals surface area contributed by atoms with Crippen molar-refractivity contribution in [1.29, 1.82) is 0 Å². The number of aliphatic imine (C=N–C) groups is 1. The third kappa shape index (κ3) is 8.42. The number of nitrogens with one attached hydrogen (secondary N) is 3. The summed E-state index contributed by atoms with van der Waals surface area (Å²) in [6.45, 7) is 11.8. The van der Waals surface area contributed by atoms with Crippen molar-refractivity contribution in [3.05, 3.63) is 70.8 Å². The minimum atomic E-state index is -0.0622. The minimum Gasteiger partial charge on any atom is -0.357 e. The smallest absolute Gasteiger partial charge is 0.251 e. The SMILES string of the molecule is CCNC(=NCc1ccc(CN(CC)CC)cc1)NCCc1cccc(C(=O)NC)c1. The van der Waals surface area contributed by atoms with E-state index in [1.165, 1.54) is 11.1 Å². The monoisotopic (exact) mass is 423 g/mol. The molecular formula is C25H37N5O. The fourth-order valence-corrected chi connectivity index (χ4v) is 3.31. The molecule has 0 radical (unpaired) electrons. The summed E-state index contributed by atoms with van der Waals surface area (Å²) in [4.78, 5) is 18.9. The van der Waals surface area contributed by atoms with Gasteiger partial charge in [0.2, 0.25) is 0 Å². The highest BCUT2D eigenvalue weighted by Crippen LogP contribution is 2.09. The summed E-state index contributed by atoms with van der Waals surface area (Å²) in [7, 11) is 1.65. The topological polar surface area (TPSA) is 68.8 Å². The second kappa shape index (κ2) is 13.4. The van der Waals surface area contributed by atoms with E-state index >= 15 is 0 Å². The largest absolute Gasteiger partial charge is 0.357 e. The van der Waals surface area contributed by atoms with Gasteiger partial charge in [0.15, 0.2) is 5.96 Å². The Bertz CT molecular complexity index is 828. The standard InChI is InChI=1S/C25H37N5O/c1-5-27-25(28-16-15-20-9-8-10-23(17-20)24(31)26-4)29-18-21-11-13-22(14-12-21)19-30(6-2)7-3/h8-14,17H,5-7,15-16,18-19H2,1-4H3,(H,26,31)(H2,27,28,29). The quantitative estimate of drug-likeness (QED) is 0.384. The van der Waals surface area contributed by atoms with E-state index in [-0.39, 0.29) is 5.91 Å². The Balaban J connectivity index is 1.89. The number of carbonyl (C=O) groups is 1. The third-order valence-corrected chi connectivity index (χ3v) is 5.21. The van der Waals surface area contributed by atoms with Crippen LogP contribution in [0.5, 0.6) is 0 Å². The molecule has 0 aromatic heterocycles. The molecule has 0 aliphatic carbocycles. The Morgan fingerprint density at radius 2 is 1.65 bits per heavy atom. The van der Waals surface area contributed by atoms with Crippen LogP contribution in [0.25, 0.3) is 0 Å². The lowest BCUT2D eigenvalue weighted by Crippen LogP contribution is -2.38. The maximum Gasteiger partial charge on any atom is 0.251 e. The van der Waals surface area contributed by atoms with E-state index in [1.54, 1.807) is 7.05 Å². The van der Waals surface area contributed by atoms with Crippen molar-refractivity contribution < 1.29 is 4.79 Å². The van der Waals surface area contributed by atoms with Gasteiger partial charge < -0.3 is 16.0 Å². The molecular weight excluding hydrogens is 386 g/mol. The Morgan fingerprint density at radius 1 is 0.935 bits per heavy atom. The number of hydrogen-bond donors (Lipinski definition) is 3. The summed E-state index contributed by atoms with van der Waals surface area (Å²) >= 11 is 0. The maximum absolute atomic E-state index is 11.8. The van der Waals surface area contributed by atoms with Gasteiger partial charge in [-0.1, -0.05) is 50.2 Å². The van der Waals surface area contributed by atoms with E-state index in [0.29, 0.717) is 12.1 Å². The number of carbonyl (C=O) groups excluding carboxylic acids is 1. The van der Waals surface area contributed by atoms with Gasteiger partial charge in [-0.3, -0.25) is 9.69 Å². The van der Waals surface area contributed by atoms with Crippen LogP contribution in [-0.2, 0) is 19.5 Å². The molecule has 0 heterocycles. The van der Waals surface area contributed by atoms with Crippen LogP contribution in [-0.4, -0.2) is 50.0 Å². The second-order valence-electron chi connectivity index (χ2n) is 7.43. The first-order valence-electron chi connectivity index (χ1n) is 11.2. The van der Waals surface area contributed by atoms with Gasteiger partial charge in [0.1, 0.15) is 0 Å². The highest BCUT2D eigenvalue weighted by molar-refractivity contribution is 5.94.